The summed E-state index contributed by atoms with van der Waals surface area (Å²) in [6.45, 7) is 3.83. The number of amides is 1. The molecule has 0 spiro atoms. The summed E-state index contributed by atoms with van der Waals surface area (Å²) < 4.78 is 17.0. The second-order valence-corrected chi connectivity index (χ2v) is 8.05. The van der Waals surface area contributed by atoms with Crippen LogP contribution >= 0.6 is 15.9 Å². The molecule has 7 nitrogen and oxygen atoms in total. The Balaban J connectivity index is 1.56. The number of hydrogen-bond acceptors (Lipinski definition) is 6. The van der Waals surface area contributed by atoms with Gasteiger partial charge in [-0.25, -0.2) is 10.2 Å². The lowest BCUT2D eigenvalue weighted by molar-refractivity contribution is -0.123. The number of carbonyl (C=O) groups excluding carboxylic acids is 2. The number of esters is 1. The van der Waals surface area contributed by atoms with Crippen LogP contribution in [0.2, 0.25) is 0 Å². The summed E-state index contributed by atoms with van der Waals surface area (Å²) in [4.78, 5) is 24.4. The van der Waals surface area contributed by atoms with Gasteiger partial charge < -0.3 is 14.2 Å². The van der Waals surface area contributed by atoms with Gasteiger partial charge in [0.2, 0.25) is 0 Å². The van der Waals surface area contributed by atoms with Crippen LogP contribution in [0, 0.1) is 13.8 Å². The number of nitrogens with one attached hydrogen (secondary N) is 1. The minimum Gasteiger partial charge on any atom is -0.493 e. The molecule has 170 valence electrons. The summed E-state index contributed by atoms with van der Waals surface area (Å²) in [7, 11) is 1.47. The number of rotatable bonds is 8. The molecule has 0 heterocycles. The maximum atomic E-state index is 12.4. The lowest BCUT2D eigenvalue weighted by Crippen LogP contribution is -2.24. The molecule has 3 aromatic carbocycles. The van der Waals surface area contributed by atoms with Crippen LogP contribution in [0.1, 0.15) is 27.0 Å². The molecular weight excluding hydrogens is 488 g/mol. The van der Waals surface area contributed by atoms with Crippen molar-refractivity contribution in [3.63, 3.8) is 0 Å². The molecule has 0 saturated heterocycles. The zero-order valence-electron chi connectivity index (χ0n) is 18.4. The van der Waals surface area contributed by atoms with E-state index in [1.54, 1.807) is 36.4 Å². The van der Waals surface area contributed by atoms with E-state index in [-0.39, 0.29) is 12.4 Å². The molecule has 0 bridgehead atoms. The molecule has 3 aromatic rings. The van der Waals surface area contributed by atoms with Gasteiger partial charge in [-0.15, -0.1) is 0 Å². The van der Waals surface area contributed by atoms with Crippen LogP contribution in [0.5, 0.6) is 17.2 Å². The van der Waals surface area contributed by atoms with E-state index >= 15 is 0 Å². The van der Waals surface area contributed by atoms with Crippen molar-refractivity contribution in [2.75, 3.05) is 13.7 Å². The predicted octanol–water partition coefficient (Wildman–Crippen LogP) is 4.82. The molecule has 0 aliphatic heterocycles. The van der Waals surface area contributed by atoms with Crippen molar-refractivity contribution in [3.8, 4) is 17.2 Å². The van der Waals surface area contributed by atoms with Crippen molar-refractivity contribution in [2.45, 2.75) is 13.8 Å². The Morgan fingerprint density at radius 1 is 1.00 bits per heavy atom. The third-order valence-electron chi connectivity index (χ3n) is 4.70. The first kappa shape index (κ1) is 24.0. The van der Waals surface area contributed by atoms with E-state index in [4.69, 9.17) is 14.2 Å². The average molecular weight is 511 g/mol. The highest BCUT2D eigenvalue weighted by Gasteiger charge is 2.13. The summed E-state index contributed by atoms with van der Waals surface area (Å²) in [6.07, 6.45) is 1.45. The third-order valence-corrected chi connectivity index (χ3v) is 5.20. The molecule has 0 aliphatic rings. The van der Waals surface area contributed by atoms with Crippen LogP contribution in [0.25, 0.3) is 0 Å². The van der Waals surface area contributed by atoms with Gasteiger partial charge in [-0.2, -0.15) is 5.10 Å². The van der Waals surface area contributed by atoms with Crippen molar-refractivity contribution in [3.05, 3.63) is 87.4 Å². The fourth-order valence-corrected chi connectivity index (χ4v) is 3.19. The quantitative estimate of drug-likeness (QED) is 0.203. The second-order valence-electron chi connectivity index (χ2n) is 7.14. The molecule has 0 aliphatic carbocycles. The fourth-order valence-electron chi connectivity index (χ4n) is 2.79. The van der Waals surface area contributed by atoms with Crippen LogP contribution in [0.3, 0.4) is 0 Å². The summed E-state index contributed by atoms with van der Waals surface area (Å²) in [5.74, 6) is 0.343. The highest BCUT2D eigenvalue weighted by atomic mass is 79.9. The summed E-state index contributed by atoms with van der Waals surface area (Å²) in [5, 5.41) is 3.94. The lowest BCUT2D eigenvalue weighted by Gasteiger charge is -2.10. The maximum absolute atomic E-state index is 12.4. The molecule has 1 amide bonds. The molecule has 1 N–H and O–H groups in total. The number of halogens is 1. The number of aryl methyl sites for hydroxylation is 2. The van der Waals surface area contributed by atoms with E-state index in [1.165, 1.54) is 13.3 Å². The van der Waals surface area contributed by atoms with Crippen LogP contribution in [-0.2, 0) is 4.79 Å². The number of benzene rings is 3. The maximum Gasteiger partial charge on any atom is 0.343 e. The van der Waals surface area contributed by atoms with Gasteiger partial charge in [0.05, 0.1) is 18.9 Å². The molecule has 33 heavy (non-hydrogen) atoms. The van der Waals surface area contributed by atoms with Gasteiger partial charge in [0.1, 0.15) is 5.75 Å². The van der Waals surface area contributed by atoms with Crippen LogP contribution < -0.4 is 19.6 Å². The SMILES string of the molecule is COc1cc(/C=N\NC(=O)COc2ccc(C)c(C)c2)ccc1OC(=O)c1cccc(Br)c1. The largest absolute Gasteiger partial charge is 0.493 e. The molecule has 8 heteroatoms. The van der Waals surface area contributed by atoms with E-state index in [0.717, 1.165) is 15.6 Å². The Morgan fingerprint density at radius 3 is 2.55 bits per heavy atom. The Hall–Kier alpha value is -3.65. The summed E-state index contributed by atoms with van der Waals surface area (Å²) >= 11 is 3.33. The van der Waals surface area contributed by atoms with Crippen molar-refractivity contribution in [1.29, 1.82) is 0 Å². The zero-order valence-corrected chi connectivity index (χ0v) is 20.0. The number of carbonyl (C=O) groups is 2. The smallest absolute Gasteiger partial charge is 0.343 e. The van der Waals surface area contributed by atoms with Crippen LogP contribution in [-0.4, -0.2) is 31.8 Å². The predicted molar refractivity (Wildman–Crippen MR) is 129 cm³/mol. The van der Waals surface area contributed by atoms with Gasteiger partial charge in [0.25, 0.3) is 5.91 Å². The van der Waals surface area contributed by atoms with E-state index in [9.17, 15) is 9.59 Å². The molecule has 0 radical (unpaired) electrons. The van der Waals surface area contributed by atoms with Gasteiger partial charge in [0, 0.05) is 4.47 Å². The van der Waals surface area contributed by atoms with E-state index in [2.05, 4.69) is 26.5 Å². The zero-order chi connectivity index (χ0) is 23.8. The molecule has 0 fully saturated rings. The van der Waals surface area contributed by atoms with Gasteiger partial charge >= 0.3 is 5.97 Å². The third kappa shape index (κ3) is 6.92. The monoisotopic (exact) mass is 510 g/mol. The highest BCUT2D eigenvalue weighted by Crippen LogP contribution is 2.28. The Bertz CT molecular complexity index is 1190. The Labute approximate surface area is 200 Å². The van der Waals surface area contributed by atoms with Gasteiger partial charge in [-0.05, 0) is 79.1 Å². The van der Waals surface area contributed by atoms with E-state index in [0.29, 0.717) is 22.6 Å². The molecule has 0 saturated carbocycles. The van der Waals surface area contributed by atoms with Gasteiger partial charge in [-0.1, -0.05) is 28.1 Å². The Kier molecular flexibility index (Phi) is 8.21. The standard InChI is InChI=1S/C25H23BrN2O5/c1-16-7-9-21(11-17(16)2)32-15-24(29)28-27-14-18-8-10-22(23(12-18)31-3)33-25(30)19-5-4-6-20(26)13-19/h4-14H,15H2,1-3H3,(H,28,29)/b27-14-. The van der Waals surface area contributed by atoms with E-state index in [1.807, 2.05) is 38.1 Å². The van der Waals surface area contributed by atoms with Crippen molar-refractivity contribution in [1.82, 2.24) is 5.43 Å². The number of methoxy groups -OCH3 is 1. The van der Waals surface area contributed by atoms with Gasteiger partial charge in [0.15, 0.2) is 18.1 Å². The first-order chi connectivity index (χ1) is 15.9. The first-order valence-electron chi connectivity index (χ1n) is 10.0. The normalized spacial score (nSPS) is 10.7. The fraction of sp³-hybridized carbons (Fsp3) is 0.160. The van der Waals surface area contributed by atoms with Gasteiger partial charge in [-0.3, -0.25) is 4.79 Å². The molecule has 0 atom stereocenters. The highest BCUT2D eigenvalue weighted by molar-refractivity contribution is 9.10. The molecule has 3 rings (SSSR count). The van der Waals surface area contributed by atoms with E-state index < -0.39 is 11.9 Å². The van der Waals surface area contributed by atoms with Crippen molar-refractivity contribution < 1.29 is 23.8 Å². The van der Waals surface area contributed by atoms with Crippen molar-refractivity contribution >= 4 is 34.0 Å². The van der Waals surface area contributed by atoms with Crippen molar-refractivity contribution in [2.24, 2.45) is 5.10 Å². The number of nitrogens with zero attached hydrogens (tertiary/aromatic N) is 1. The first-order valence-corrected chi connectivity index (χ1v) is 10.8. The summed E-state index contributed by atoms with van der Waals surface area (Å²) in [5.41, 5.74) is 5.70. The lowest BCUT2D eigenvalue weighted by atomic mass is 10.1. The number of hydrogen-bond donors (Lipinski definition) is 1. The molecule has 0 aromatic heterocycles. The van der Waals surface area contributed by atoms with Crippen LogP contribution in [0.15, 0.2) is 70.2 Å². The molecular formula is C25H23BrN2O5. The topological polar surface area (TPSA) is 86.2 Å². The minimum atomic E-state index is -0.507. The minimum absolute atomic E-state index is 0.159. The second kappa shape index (κ2) is 11.3. The average Bonchev–Trinajstić information content (AvgIpc) is 2.80. The molecule has 0 unspecified atom stereocenters. The number of hydrazone groups is 1. The Morgan fingerprint density at radius 2 is 1.82 bits per heavy atom. The number of ether oxygens (including phenoxy) is 3. The summed E-state index contributed by atoms with van der Waals surface area (Å²) in [6, 6.07) is 17.5. The van der Waals surface area contributed by atoms with Crippen LogP contribution in [0.4, 0.5) is 0 Å².